The maximum Gasteiger partial charge on any atom is 0.156 e. The smallest absolute Gasteiger partial charge is 0.156 e. The SMILES string of the molecule is COc1ccc(N2CCN(c3ncnc(Sc4ccc(Cl)cc4)c3N)CC2)cc1. The molecule has 1 saturated heterocycles. The number of methoxy groups -OCH3 is 1. The van der Waals surface area contributed by atoms with Crippen LogP contribution in [-0.2, 0) is 0 Å². The lowest BCUT2D eigenvalue weighted by Gasteiger charge is -2.37. The summed E-state index contributed by atoms with van der Waals surface area (Å²) < 4.78 is 5.24. The van der Waals surface area contributed by atoms with E-state index >= 15 is 0 Å². The van der Waals surface area contributed by atoms with Crippen molar-refractivity contribution in [3.63, 3.8) is 0 Å². The van der Waals surface area contributed by atoms with Crippen molar-refractivity contribution in [1.82, 2.24) is 9.97 Å². The molecule has 29 heavy (non-hydrogen) atoms. The van der Waals surface area contributed by atoms with Gasteiger partial charge in [-0.1, -0.05) is 23.4 Å². The van der Waals surface area contributed by atoms with Gasteiger partial charge >= 0.3 is 0 Å². The van der Waals surface area contributed by atoms with Crippen LogP contribution in [0.2, 0.25) is 5.02 Å². The normalized spacial score (nSPS) is 14.1. The molecule has 1 aliphatic heterocycles. The van der Waals surface area contributed by atoms with Crippen molar-refractivity contribution < 1.29 is 4.74 Å². The number of rotatable bonds is 5. The highest BCUT2D eigenvalue weighted by atomic mass is 35.5. The van der Waals surface area contributed by atoms with Crippen molar-refractivity contribution in [2.45, 2.75) is 9.92 Å². The molecule has 0 bridgehead atoms. The van der Waals surface area contributed by atoms with Gasteiger partial charge in [-0.25, -0.2) is 9.97 Å². The third kappa shape index (κ3) is 4.52. The van der Waals surface area contributed by atoms with Gasteiger partial charge in [-0.2, -0.15) is 0 Å². The third-order valence-electron chi connectivity index (χ3n) is 4.87. The molecule has 0 unspecified atom stereocenters. The first-order valence-electron chi connectivity index (χ1n) is 9.32. The fourth-order valence-electron chi connectivity index (χ4n) is 3.29. The molecule has 1 aromatic heterocycles. The minimum Gasteiger partial charge on any atom is -0.497 e. The summed E-state index contributed by atoms with van der Waals surface area (Å²) in [5, 5.41) is 1.47. The van der Waals surface area contributed by atoms with E-state index in [1.165, 1.54) is 17.4 Å². The number of nitrogen functional groups attached to an aromatic ring is 1. The van der Waals surface area contributed by atoms with E-state index < -0.39 is 0 Å². The number of benzene rings is 2. The average molecular weight is 428 g/mol. The number of piperazine rings is 1. The quantitative estimate of drug-likeness (QED) is 0.612. The van der Waals surface area contributed by atoms with Crippen molar-refractivity contribution in [2.75, 3.05) is 48.8 Å². The highest BCUT2D eigenvalue weighted by Crippen LogP contribution is 2.35. The molecular formula is C21H22ClN5OS. The zero-order valence-electron chi connectivity index (χ0n) is 16.1. The van der Waals surface area contributed by atoms with Crippen LogP contribution in [0.1, 0.15) is 0 Å². The van der Waals surface area contributed by atoms with Gasteiger partial charge in [0, 0.05) is 41.8 Å². The summed E-state index contributed by atoms with van der Waals surface area (Å²) in [6, 6.07) is 15.8. The van der Waals surface area contributed by atoms with E-state index in [1.807, 2.05) is 36.4 Å². The van der Waals surface area contributed by atoms with E-state index in [0.717, 1.165) is 47.7 Å². The van der Waals surface area contributed by atoms with Crippen LogP contribution in [0, 0.1) is 0 Å². The van der Waals surface area contributed by atoms with Crippen LogP contribution in [-0.4, -0.2) is 43.3 Å². The Kier molecular flexibility index (Phi) is 5.97. The largest absolute Gasteiger partial charge is 0.497 e. The molecule has 8 heteroatoms. The van der Waals surface area contributed by atoms with E-state index in [4.69, 9.17) is 22.1 Å². The van der Waals surface area contributed by atoms with E-state index in [-0.39, 0.29) is 0 Å². The molecule has 0 aliphatic carbocycles. The third-order valence-corrected chi connectivity index (χ3v) is 6.15. The molecule has 1 fully saturated rings. The summed E-state index contributed by atoms with van der Waals surface area (Å²) >= 11 is 7.49. The molecule has 150 valence electrons. The average Bonchev–Trinajstić information content (AvgIpc) is 2.77. The summed E-state index contributed by atoms with van der Waals surface area (Å²) in [5.74, 6) is 1.66. The minimum atomic E-state index is 0.616. The number of aromatic nitrogens is 2. The Bertz CT molecular complexity index is 960. The summed E-state index contributed by atoms with van der Waals surface area (Å²) in [5.41, 5.74) is 8.24. The fourth-order valence-corrected chi connectivity index (χ4v) is 4.21. The molecule has 0 amide bonds. The Balaban J connectivity index is 1.44. The fraction of sp³-hybridized carbons (Fsp3) is 0.238. The second-order valence-electron chi connectivity index (χ2n) is 6.64. The van der Waals surface area contributed by atoms with E-state index in [9.17, 15) is 0 Å². The standard InChI is InChI=1S/C21H22ClN5OS/c1-28-17-6-4-16(5-7-17)26-10-12-27(13-11-26)20-19(23)21(25-14-24-20)29-18-8-2-15(22)3-9-18/h2-9,14H,10-13,23H2,1H3. The minimum absolute atomic E-state index is 0.616. The Morgan fingerprint density at radius 3 is 2.24 bits per heavy atom. The van der Waals surface area contributed by atoms with Gasteiger partial charge in [0.1, 0.15) is 22.8 Å². The Labute approximate surface area is 179 Å². The van der Waals surface area contributed by atoms with Gasteiger partial charge in [-0.05, 0) is 48.5 Å². The van der Waals surface area contributed by atoms with Crippen LogP contribution in [0.4, 0.5) is 17.2 Å². The van der Waals surface area contributed by atoms with Crippen LogP contribution in [0.3, 0.4) is 0 Å². The molecule has 3 aromatic rings. The number of nitrogens with two attached hydrogens (primary N) is 1. The lowest BCUT2D eigenvalue weighted by Crippen LogP contribution is -2.47. The molecule has 2 N–H and O–H groups in total. The first-order chi connectivity index (χ1) is 14.1. The maximum atomic E-state index is 6.43. The van der Waals surface area contributed by atoms with Crippen molar-refractivity contribution in [1.29, 1.82) is 0 Å². The monoisotopic (exact) mass is 427 g/mol. The van der Waals surface area contributed by atoms with Crippen LogP contribution in [0.15, 0.2) is 64.8 Å². The summed E-state index contributed by atoms with van der Waals surface area (Å²) in [6.45, 7) is 3.49. The van der Waals surface area contributed by atoms with Gasteiger partial charge in [0.25, 0.3) is 0 Å². The second-order valence-corrected chi connectivity index (χ2v) is 8.14. The number of hydrogen-bond donors (Lipinski definition) is 1. The van der Waals surface area contributed by atoms with Crippen molar-refractivity contribution in [2.24, 2.45) is 0 Å². The Morgan fingerprint density at radius 2 is 1.59 bits per heavy atom. The number of ether oxygens (including phenoxy) is 1. The molecule has 2 aromatic carbocycles. The Hall–Kier alpha value is -2.64. The molecule has 6 nitrogen and oxygen atoms in total. The molecule has 1 aliphatic rings. The highest BCUT2D eigenvalue weighted by molar-refractivity contribution is 7.99. The molecule has 0 atom stereocenters. The van der Waals surface area contributed by atoms with Crippen LogP contribution >= 0.6 is 23.4 Å². The van der Waals surface area contributed by atoms with E-state index in [1.54, 1.807) is 13.4 Å². The molecule has 0 saturated carbocycles. The van der Waals surface area contributed by atoms with Gasteiger partial charge in [0.05, 0.1) is 7.11 Å². The van der Waals surface area contributed by atoms with Crippen molar-refractivity contribution in [3.05, 3.63) is 59.9 Å². The number of halogens is 1. The maximum absolute atomic E-state index is 6.43. The summed E-state index contributed by atoms with van der Waals surface area (Å²) in [4.78, 5) is 14.5. The number of hydrogen-bond acceptors (Lipinski definition) is 7. The lowest BCUT2D eigenvalue weighted by atomic mass is 10.2. The van der Waals surface area contributed by atoms with Crippen LogP contribution in [0.5, 0.6) is 5.75 Å². The second kappa shape index (κ2) is 8.80. The summed E-state index contributed by atoms with van der Waals surface area (Å²) in [7, 11) is 1.68. The van der Waals surface area contributed by atoms with Gasteiger partial charge in [-0.15, -0.1) is 0 Å². The predicted molar refractivity (Wildman–Crippen MR) is 119 cm³/mol. The van der Waals surface area contributed by atoms with E-state index in [0.29, 0.717) is 10.7 Å². The highest BCUT2D eigenvalue weighted by Gasteiger charge is 2.22. The van der Waals surface area contributed by atoms with Crippen molar-refractivity contribution in [3.8, 4) is 5.75 Å². The molecule has 4 rings (SSSR count). The number of anilines is 3. The number of nitrogens with zero attached hydrogens (tertiary/aromatic N) is 4. The van der Waals surface area contributed by atoms with E-state index in [2.05, 4.69) is 31.9 Å². The first-order valence-corrected chi connectivity index (χ1v) is 10.5. The van der Waals surface area contributed by atoms with Gasteiger partial charge in [0.2, 0.25) is 0 Å². The summed E-state index contributed by atoms with van der Waals surface area (Å²) in [6.07, 6.45) is 1.58. The molecule has 2 heterocycles. The topological polar surface area (TPSA) is 67.5 Å². The van der Waals surface area contributed by atoms with Gasteiger partial charge in [0.15, 0.2) is 5.82 Å². The molecule has 0 radical (unpaired) electrons. The molecular weight excluding hydrogens is 406 g/mol. The molecule has 0 spiro atoms. The zero-order chi connectivity index (χ0) is 20.2. The van der Waals surface area contributed by atoms with Crippen LogP contribution < -0.4 is 20.3 Å². The first kappa shape index (κ1) is 19.7. The zero-order valence-corrected chi connectivity index (χ0v) is 17.7. The van der Waals surface area contributed by atoms with Gasteiger partial charge < -0.3 is 20.3 Å². The van der Waals surface area contributed by atoms with Crippen molar-refractivity contribution >= 4 is 40.6 Å². The lowest BCUT2D eigenvalue weighted by molar-refractivity contribution is 0.415. The van der Waals surface area contributed by atoms with Crippen LogP contribution in [0.25, 0.3) is 0 Å². The van der Waals surface area contributed by atoms with Gasteiger partial charge in [-0.3, -0.25) is 0 Å². The Morgan fingerprint density at radius 1 is 0.931 bits per heavy atom. The predicted octanol–water partition coefficient (Wildman–Crippen LogP) is 4.20.